The first-order chi connectivity index (χ1) is 9.74. The van der Waals surface area contributed by atoms with E-state index < -0.39 is 0 Å². The molecule has 0 saturated carbocycles. The molecular formula is C14H21N5O. The summed E-state index contributed by atoms with van der Waals surface area (Å²) in [5.74, 6) is 0.732. The Morgan fingerprint density at radius 3 is 2.50 bits per heavy atom. The molecule has 2 aromatic rings. The molecule has 0 saturated heterocycles. The predicted octanol–water partition coefficient (Wildman–Crippen LogP) is 1.30. The van der Waals surface area contributed by atoms with Crippen molar-refractivity contribution in [2.24, 2.45) is 0 Å². The van der Waals surface area contributed by atoms with Crippen molar-refractivity contribution in [2.75, 3.05) is 6.61 Å². The molecule has 108 valence electrons. The molecule has 0 atom stereocenters. The van der Waals surface area contributed by atoms with E-state index >= 15 is 0 Å². The molecule has 2 rings (SSSR count). The molecule has 0 radical (unpaired) electrons. The van der Waals surface area contributed by atoms with Gasteiger partial charge in [0.05, 0.1) is 18.8 Å². The van der Waals surface area contributed by atoms with Gasteiger partial charge in [-0.1, -0.05) is 32.0 Å². The van der Waals surface area contributed by atoms with Gasteiger partial charge in [0.1, 0.15) is 0 Å². The first-order valence-electron chi connectivity index (χ1n) is 6.93. The van der Waals surface area contributed by atoms with Crippen LogP contribution in [0.2, 0.25) is 0 Å². The first kappa shape index (κ1) is 14.6. The van der Waals surface area contributed by atoms with Gasteiger partial charge in [0.15, 0.2) is 5.82 Å². The standard InChI is InChI=1S/C14H21N5O/c1-3-14(4-2,11-20)15-10-13-16-17-18-19(13)12-8-6-5-7-9-12/h5-9,15,20H,3-4,10-11H2,1-2H3. The van der Waals surface area contributed by atoms with Gasteiger partial charge in [-0.2, -0.15) is 4.68 Å². The lowest BCUT2D eigenvalue weighted by Gasteiger charge is -2.30. The molecule has 6 nitrogen and oxygen atoms in total. The van der Waals surface area contributed by atoms with Crippen molar-refractivity contribution in [1.82, 2.24) is 25.5 Å². The van der Waals surface area contributed by atoms with E-state index in [1.54, 1.807) is 4.68 Å². The quantitative estimate of drug-likeness (QED) is 0.796. The summed E-state index contributed by atoms with van der Waals surface area (Å²) in [6.07, 6.45) is 1.71. The summed E-state index contributed by atoms with van der Waals surface area (Å²) < 4.78 is 1.71. The minimum absolute atomic E-state index is 0.104. The predicted molar refractivity (Wildman–Crippen MR) is 76.4 cm³/mol. The first-order valence-corrected chi connectivity index (χ1v) is 6.93. The van der Waals surface area contributed by atoms with E-state index in [2.05, 4.69) is 34.7 Å². The van der Waals surface area contributed by atoms with Crippen LogP contribution >= 0.6 is 0 Å². The average molecular weight is 275 g/mol. The van der Waals surface area contributed by atoms with Crippen LogP contribution in [0.3, 0.4) is 0 Å². The minimum Gasteiger partial charge on any atom is -0.394 e. The van der Waals surface area contributed by atoms with Crippen LogP contribution in [0, 0.1) is 0 Å². The molecule has 0 unspecified atom stereocenters. The Bertz CT molecular complexity index is 513. The summed E-state index contributed by atoms with van der Waals surface area (Å²) >= 11 is 0. The second kappa shape index (κ2) is 6.58. The third kappa shape index (κ3) is 3.02. The third-order valence-electron chi connectivity index (χ3n) is 3.81. The number of rotatable bonds is 7. The van der Waals surface area contributed by atoms with Crippen LogP contribution in [0.25, 0.3) is 5.69 Å². The number of aromatic nitrogens is 4. The Balaban J connectivity index is 2.14. The Morgan fingerprint density at radius 2 is 1.90 bits per heavy atom. The number of hydrogen-bond acceptors (Lipinski definition) is 5. The van der Waals surface area contributed by atoms with Gasteiger partial charge in [-0.05, 0) is 35.4 Å². The highest BCUT2D eigenvalue weighted by atomic mass is 16.3. The summed E-state index contributed by atoms with van der Waals surface area (Å²) in [6.45, 7) is 4.75. The molecule has 1 aromatic carbocycles. The fourth-order valence-electron chi connectivity index (χ4n) is 2.13. The highest BCUT2D eigenvalue weighted by Crippen LogP contribution is 2.15. The molecule has 0 amide bonds. The number of tetrazole rings is 1. The molecule has 1 aromatic heterocycles. The molecule has 0 bridgehead atoms. The zero-order valence-corrected chi connectivity index (χ0v) is 12.0. The smallest absolute Gasteiger partial charge is 0.170 e. The molecule has 0 spiro atoms. The largest absolute Gasteiger partial charge is 0.394 e. The Morgan fingerprint density at radius 1 is 1.20 bits per heavy atom. The van der Waals surface area contributed by atoms with E-state index in [1.807, 2.05) is 30.3 Å². The number of nitrogens with zero attached hydrogens (tertiary/aromatic N) is 4. The fraction of sp³-hybridized carbons (Fsp3) is 0.500. The summed E-state index contributed by atoms with van der Waals surface area (Å²) in [5, 5.41) is 24.8. The van der Waals surface area contributed by atoms with Crippen molar-refractivity contribution in [3.63, 3.8) is 0 Å². The van der Waals surface area contributed by atoms with Gasteiger partial charge >= 0.3 is 0 Å². The molecule has 0 aliphatic heterocycles. The molecule has 6 heteroatoms. The number of benzene rings is 1. The van der Waals surface area contributed by atoms with Crippen LogP contribution in [0.1, 0.15) is 32.5 Å². The normalized spacial score (nSPS) is 11.8. The van der Waals surface area contributed by atoms with Gasteiger partial charge in [0.2, 0.25) is 0 Å². The van der Waals surface area contributed by atoms with Gasteiger partial charge in [0, 0.05) is 5.54 Å². The van der Waals surface area contributed by atoms with E-state index in [0.29, 0.717) is 6.54 Å². The van der Waals surface area contributed by atoms with E-state index in [4.69, 9.17) is 0 Å². The fourth-order valence-corrected chi connectivity index (χ4v) is 2.13. The van der Waals surface area contributed by atoms with Crippen LogP contribution in [0.15, 0.2) is 30.3 Å². The maximum Gasteiger partial charge on any atom is 0.170 e. The summed E-state index contributed by atoms with van der Waals surface area (Å²) in [5.41, 5.74) is 0.657. The third-order valence-corrected chi connectivity index (χ3v) is 3.81. The van der Waals surface area contributed by atoms with Gasteiger partial charge in [0.25, 0.3) is 0 Å². The van der Waals surface area contributed by atoms with E-state index in [-0.39, 0.29) is 12.1 Å². The van der Waals surface area contributed by atoms with Crippen molar-refractivity contribution in [2.45, 2.75) is 38.8 Å². The second-order valence-corrected chi connectivity index (χ2v) is 4.84. The van der Waals surface area contributed by atoms with Gasteiger partial charge < -0.3 is 10.4 Å². The van der Waals surface area contributed by atoms with Gasteiger partial charge in [-0.25, -0.2) is 0 Å². The van der Waals surface area contributed by atoms with Crippen LogP contribution in [0.4, 0.5) is 0 Å². The van der Waals surface area contributed by atoms with E-state index in [0.717, 1.165) is 24.4 Å². The lowest BCUT2D eigenvalue weighted by atomic mass is 9.94. The molecule has 0 fully saturated rings. The highest BCUT2D eigenvalue weighted by Gasteiger charge is 2.25. The Labute approximate surface area is 118 Å². The van der Waals surface area contributed by atoms with Crippen LogP contribution in [0.5, 0.6) is 0 Å². The maximum atomic E-state index is 9.57. The average Bonchev–Trinajstić information content (AvgIpc) is 2.99. The summed E-state index contributed by atoms with van der Waals surface area (Å²) in [4.78, 5) is 0. The summed E-state index contributed by atoms with van der Waals surface area (Å²) in [7, 11) is 0. The monoisotopic (exact) mass is 275 g/mol. The Kier molecular flexibility index (Phi) is 4.81. The molecular weight excluding hydrogens is 254 g/mol. The van der Waals surface area contributed by atoms with Crippen LogP contribution in [-0.2, 0) is 6.54 Å². The zero-order chi connectivity index (χ0) is 14.4. The van der Waals surface area contributed by atoms with Crippen LogP contribution < -0.4 is 5.32 Å². The molecule has 1 heterocycles. The topological polar surface area (TPSA) is 75.9 Å². The minimum atomic E-state index is -0.270. The van der Waals surface area contributed by atoms with Crippen molar-refractivity contribution in [3.8, 4) is 5.69 Å². The summed E-state index contributed by atoms with van der Waals surface area (Å²) in [6, 6.07) is 9.77. The van der Waals surface area contributed by atoms with Crippen molar-refractivity contribution in [1.29, 1.82) is 0 Å². The molecule has 20 heavy (non-hydrogen) atoms. The van der Waals surface area contributed by atoms with Crippen molar-refractivity contribution in [3.05, 3.63) is 36.2 Å². The molecule has 0 aliphatic carbocycles. The lowest BCUT2D eigenvalue weighted by molar-refractivity contribution is 0.148. The molecule has 2 N–H and O–H groups in total. The van der Waals surface area contributed by atoms with Gasteiger partial charge in [-0.15, -0.1) is 5.10 Å². The SMILES string of the molecule is CCC(CC)(CO)NCc1nnnn1-c1ccccc1. The van der Waals surface area contributed by atoms with Crippen molar-refractivity contribution < 1.29 is 5.11 Å². The van der Waals surface area contributed by atoms with Crippen molar-refractivity contribution >= 4 is 0 Å². The van der Waals surface area contributed by atoms with E-state index in [9.17, 15) is 5.11 Å². The highest BCUT2D eigenvalue weighted by molar-refractivity contribution is 5.30. The number of hydrogen-bond donors (Lipinski definition) is 2. The maximum absolute atomic E-state index is 9.57. The van der Waals surface area contributed by atoms with E-state index in [1.165, 1.54) is 0 Å². The number of aliphatic hydroxyl groups is 1. The molecule has 0 aliphatic rings. The van der Waals surface area contributed by atoms with Crippen LogP contribution in [-0.4, -0.2) is 37.5 Å². The lowest BCUT2D eigenvalue weighted by Crippen LogP contribution is -2.47. The van der Waals surface area contributed by atoms with Gasteiger partial charge in [-0.3, -0.25) is 0 Å². The second-order valence-electron chi connectivity index (χ2n) is 4.84. The number of aliphatic hydroxyl groups excluding tert-OH is 1. The number of nitrogens with one attached hydrogen (secondary N) is 1. The Hall–Kier alpha value is -1.79. The zero-order valence-electron chi connectivity index (χ0n) is 12.0. The number of para-hydroxylation sites is 1.